The maximum Gasteiger partial charge on any atom is 0.338 e. The number of hydrogen-bond donors (Lipinski definition) is 1. The third kappa shape index (κ3) is 1.46. The summed E-state index contributed by atoms with van der Waals surface area (Å²) in [6.45, 7) is -0.202. The molecule has 0 aromatic rings. The number of aliphatic hydroxyl groups is 1. The molecule has 2 heterocycles. The Bertz CT molecular complexity index is 297. The molecule has 90 valence electrons. The van der Waals surface area contributed by atoms with E-state index in [1.807, 2.05) is 0 Å². The predicted molar refractivity (Wildman–Crippen MR) is 52.5 cm³/mol. The van der Waals surface area contributed by atoms with Gasteiger partial charge in [0, 0.05) is 12.8 Å². The van der Waals surface area contributed by atoms with Gasteiger partial charge in [-0.2, -0.15) is 0 Å². The Labute approximate surface area is 93.7 Å². The summed E-state index contributed by atoms with van der Waals surface area (Å²) in [6, 6.07) is 0. The van der Waals surface area contributed by atoms with E-state index < -0.39 is 30.1 Å². The summed E-state index contributed by atoms with van der Waals surface area (Å²) >= 11 is 0. The summed E-state index contributed by atoms with van der Waals surface area (Å²) in [4.78, 5) is 11.5. The minimum absolute atomic E-state index is 0.202. The predicted octanol–water partition coefficient (Wildman–Crippen LogP) is 0.348. The van der Waals surface area contributed by atoms with Crippen LogP contribution in [0.1, 0.15) is 32.1 Å². The highest BCUT2D eigenvalue weighted by molar-refractivity contribution is 5.78. The van der Waals surface area contributed by atoms with Gasteiger partial charge in [-0.05, 0) is 12.8 Å². The van der Waals surface area contributed by atoms with Gasteiger partial charge in [0.15, 0.2) is 18.0 Å². The third-order valence-corrected chi connectivity index (χ3v) is 3.65. The molecule has 3 aliphatic rings. The van der Waals surface area contributed by atoms with Gasteiger partial charge in [0.2, 0.25) is 0 Å². The molecule has 3 atom stereocenters. The molecule has 2 aliphatic heterocycles. The molecule has 0 aromatic heterocycles. The van der Waals surface area contributed by atoms with Crippen LogP contribution in [0.4, 0.5) is 0 Å². The van der Waals surface area contributed by atoms with Gasteiger partial charge in [-0.25, -0.2) is 4.79 Å². The van der Waals surface area contributed by atoms with Gasteiger partial charge in [0.1, 0.15) is 6.10 Å². The molecule has 0 aromatic carbocycles. The number of esters is 1. The Morgan fingerprint density at radius 2 is 2.00 bits per heavy atom. The molecule has 5 heteroatoms. The summed E-state index contributed by atoms with van der Waals surface area (Å²) in [5, 5.41) is 9.10. The first-order valence-electron chi connectivity index (χ1n) is 5.91. The van der Waals surface area contributed by atoms with Gasteiger partial charge in [-0.1, -0.05) is 6.42 Å². The largest absolute Gasteiger partial charge is 0.455 e. The third-order valence-electron chi connectivity index (χ3n) is 3.65. The maximum absolute atomic E-state index is 11.5. The molecule has 2 saturated heterocycles. The van der Waals surface area contributed by atoms with Crippen molar-refractivity contribution >= 4 is 5.97 Å². The second kappa shape index (κ2) is 3.68. The molecule has 1 N–H and O–H groups in total. The van der Waals surface area contributed by atoms with Gasteiger partial charge in [-0.3, -0.25) is 0 Å². The molecule has 16 heavy (non-hydrogen) atoms. The van der Waals surface area contributed by atoms with Gasteiger partial charge < -0.3 is 19.3 Å². The second-order valence-electron chi connectivity index (χ2n) is 4.75. The Kier molecular flexibility index (Phi) is 2.42. The zero-order chi connectivity index (χ0) is 11.2. The summed E-state index contributed by atoms with van der Waals surface area (Å²) in [6.07, 6.45) is 3.40. The summed E-state index contributed by atoms with van der Waals surface area (Å²) in [5.74, 6) is -0.980. The van der Waals surface area contributed by atoms with Crippen LogP contribution in [0, 0.1) is 0 Å². The number of cyclic esters (lactones) is 1. The average molecular weight is 228 g/mol. The lowest BCUT2D eigenvalue weighted by Gasteiger charge is -2.32. The number of ether oxygens (including phenoxy) is 3. The lowest BCUT2D eigenvalue weighted by atomic mass is 9.94. The van der Waals surface area contributed by atoms with Gasteiger partial charge in [0.25, 0.3) is 0 Å². The number of rotatable bonds is 1. The fourth-order valence-electron chi connectivity index (χ4n) is 2.84. The lowest BCUT2D eigenvalue weighted by Crippen LogP contribution is -2.37. The maximum atomic E-state index is 11.5. The molecule has 0 amide bonds. The molecule has 0 unspecified atom stereocenters. The molecule has 0 bridgehead atoms. The molecule has 3 rings (SSSR count). The molecular weight excluding hydrogens is 212 g/mol. The minimum Gasteiger partial charge on any atom is -0.455 e. The van der Waals surface area contributed by atoms with Crippen LogP contribution >= 0.6 is 0 Å². The van der Waals surface area contributed by atoms with E-state index in [1.54, 1.807) is 0 Å². The standard InChI is InChI=1S/C11H16O5/c12-6-7-8-9(10(13)14-7)16-11(15-8)4-2-1-3-5-11/h7-9,12H,1-6H2/t7-,8+,9-/m1/s1. The number of carbonyl (C=O) groups is 1. The van der Waals surface area contributed by atoms with Crippen LogP contribution in [-0.4, -0.2) is 41.8 Å². The first kappa shape index (κ1) is 10.5. The fraction of sp³-hybridized carbons (Fsp3) is 0.909. The van der Waals surface area contributed by atoms with E-state index in [4.69, 9.17) is 19.3 Å². The van der Waals surface area contributed by atoms with Gasteiger partial charge >= 0.3 is 5.97 Å². The van der Waals surface area contributed by atoms with Crippen LogP contribution in [0.3, 0.4) is 0 Å². The van der Waals surface area contributed by atoms with E-state index in [1.165, 1.54) is 6.42 Å². The smallest absolute Gasteiger partial charge is 0.338 e. The molecule has 1 aliphatic carbocycles. The van der Waals surface area contributed by atoms with Crippen LogP contribution in [0.15, 0.2) is 0 Å². The average Bonchev–Trinajstić information content (AvgIpc) is 2.78. The summed E-state index contributed by atoms with van der Waals surface area (Å²) in [7, 11) is 0. The zero-order valence-corrected chi connectivity index (χ0v) is 9.05. The Hall–Kier alpha value is -0.650. The zero-order valence-electron chi connectivity index (χ0n) is 9.05. The van der Waals surface area contributed by atoms with Crippen molar-refractivity contribution in [3.63, 3.8) is 0 Å². The minimum atomic E-state index is -0.629. The van der Waals surface area contributed by atoms with Crippen LogP contribution in [0.2, 0.25) is 0 Å². The van der Waals surface area contributed by atoms with Crippen molar-refractivity contribution in [2.75, 3.05) is 6.61 Å². The lowest BCUT2D eigenvalue weighted by molar-refractivity contribution is -0.217. The Balaban J connectivity index is 1.78. The van der Waals surface area contributed by atoms with E-state index in [2.05, 4.69) is 0 Å². The number of hydrogen-bond acceptors (Lipinski definition) is 5. The van der Waals surface area contributed by atoms with E-state index in [9.17, 15) is 4.79 Å². The van der Waals surface area contributed by atoms with Crippen LogP contribution in [0.5, 0.6) is 0 Å². The Morgan fingerprint density at radius 1 is 1.25 bits per heavy atom. The number of aliphatic hydroxyl groups excluding tert-OH is 1. The monoisotopic (exact) mass is 228 g/mol. The summed E-state index contributed by atoms with van der Waals surface area (Å²) < 4.78 is 16.6. The highest BCUT2D eigenvalue weighted by Crippen LogP contribution is 2.44. The topological polar surface area (TPSA) is 65.0 Å². The number of carbonyl (C=O) groups excluding carboxylic acids is 1. The second-order valence-corrected chi connectivity index (χ2v) is 4.75. The van der Waals surface area contributed by atoms with Crippen LogP contribution in [0.25, 0.3) is 0 Å². The van der Waals surface area contributed by atoms with Crippen molar-refractivity contribution in [1.29, 1.82) is 0 Å². The molecule has 5 nitrogen and oxygen atoms in total. The van der Waals surface area contributed by atoms with E-state index >= 15 is 0 Å². The highest BCUT2D eigenvalue weighted by Gasteiger charge is 2.58. The molecular formula is C11H16O5. The van der Waals surface area contributed by atoms with Crippen molar-refractivity contribution in [1.82, 2.24) is 0 Å². The van der Waals surface area contributed by atoms with E-state index in [0.717, 1.165) is 25.7 Å². The first-order valence-corrected chi connectivity index (χ1v) is 5.91. The van der Waals surface area contributed by atoms with Crippen molar-refractivity contribution in [3.8, 4) is 0 Å². The van der Waals surface area contributed by atoms with Crippen molar-refractivity contribution in [3.05, 3.63) is 0 Å². The molecule has 0 radical (unpaired) electrons. The Morgan fingerprint density at radius 3 is 2.69 bits per heavy atom. The number of fused-ring (bicyclic) bond motifs is 1. The summed E-state index contributed by atoms with van der Waals surface area (Å²) in [5.41, 5.74) is 0. The normalized spacial score (nSPS) is 41.1. The first-order chi connectivity index (χ1) is 7.74. The molecule has 1 saturated carbocycles. The van der Waals surface area contributed by atoms with Gasteiger partial charge in [-0.15, -0.1) is 0 Å². The molecule has 3 fully saturated rings. The fourth-order valence-corrected chi connectivity index (χ4v) is 2.84. The van der Waals surface area contributed by atoms with Crippen molar-refractivity contribution in [2.45, 2.75) is 56.2 Å². The quantitative estimate of drug-likeness (QED) is 0.656. The molecule has 1 spiro atoms. The SMILES string of the molecule is O=C1O[C@H](CO)[C@@H]2OC3(CCCCC3)O[C@@H]12. The van der Waals surface area contributed by atoms with Gasteiger partial charge in [0.05, 0.1) is 6.61 Å². The van der Waals surface area contributed by atoms with Crippen molar-refractivity contribution < 1.29 is 24.1 Å². The van der Waals surface area contributed by atoms with Crippen molar-refractivity contribution in [2.24, 2.45) is 0 Å². The van der Waals surface area contributed by atoms with E-state index in [-0.39, 0.29) is 6.61 Å². The van der Waals surface area contributed by atoms with Crippen LogP contribution < -0.4 is 0 Å². The van der Waals surface area contributed by atoms with Crippen LogP contribution in [-0.2, 0) is 19.0 Å². The van der Waals surface area contributed by atoms with E-state index in [0.29, 0.717) is 0 Å². The highest BCUT2D eigenvalue weighted by atomic mass is 16.8.